The number of carbonyl (C=O) groups excluding carboxylic acids is 1. The summed E-state index contributed by atoms with van der Waals surface area (Å²) in [4.78, 5) is 24.2. The van der Waals surface area contributed by atoms with Gasteiger partial charge in [-0.05, 0) is 13.0 Å². The van der Waals surface area contributed by atoms with E-state index < -0.39 is 4.92 Å². The number of benzene rings is 1. The summed E-state index contributed by atoms with van der Waals surface area (Å²) in [5, 5.41) is 10.8. The van der Waals surface area contributed by atoms with Crippen LogP contribution in [0.1, 0.15) is 17.3 Å². The number of amides is 1. The smallest absolute Gasteiger partial charge is 0.292 e. The number of hydrogen-bond donors (Lipinski definition) is 1. The van der Waals surface area contributed by atoms with Gasteiger partial charge in [0, 0.05) is 12.6 Å². The number of para-hydroxylation sites is 1. The lowest BCUT2D eigenvalue weighted by Gasteiger charge is -2.33. The van der Waals surface area contributed by atoms with Gasteiger partial charge in [-0.3, -0.25) is 14.9 Å². The quantitative estimate of drug-likeness (QED) is 0.489. The van der Waals surface area contributed by atoms with Crippen molar-refractivity contribution in [1.29, 1.82) is 0 Å². The van der Waals surface area contributed by atoms with Crippen molar-refractivity contribution < 1.29 is 14.5 Å². The van der Waals surface area contributed by atoms with Crippen molar-refractivity contribution in [2.75, 3.05) is 25.5 Å². The third-order valence-corrected chi connectivity index (χ3v) is 3.14. The summed E-state index contributed by atoms with van der Waals surface area (Å²) in [5.74, 6) is -0.294. The zero-order chi connectivity index (χ0) is 14.0. The number of nitro groups is 1. The van der Waals surface area contributed by atoms with Crippen LogP contribution in [0.5, 0.6) is 0 Å². The largest absolute Gasteiger partial charge is 0.393 e. The molecule has 1 amide bonds. The maximum Gasteiger partial charge on any atom is 0.292 e. The Morgan fingerprint density at radius 1 is 1.58 bits per heavy atom. The lowest BCUT2D eigenvalue weighted by Crippen LogP contribution is -2.47. The maximum absolute atomic E-state index is 12.4. The van der Waals surface area contributed by atoms with Crippen molar-refractivity contribution in [2.45, 2.75) is 13.0 Å². The van der Waals surface area contributed by atoms with E-state index in [0.717, 1.165) is 0 Å². The minimum atomic E-state index is -0.588. The molecule has 2 rings (SSSR count). The van der Waals surface area contributed by atoms with E-state index >= 15 is 0 Å². The van der Waals surface area contributed by atoms with Crippen molar-refractivity contribution in [2.24, 2.45) is 0 Å². The van der Waals surface area contributed by atoms with Crippen LogP contribution in [0.15, 0.2) is 18.2 Å². The third kappa shape index (κ3) is 2.50. The zero-order valence-corrected chi connectivity index (χ0v) is 10.5. The van der Waals surface area contributed by atoms with Gasteiger partial charge in [0.2, 0.25) is 0 Å². The molecule has 19 heavy (non-hydrogen) atoms. The molecule has 0 aromatic heterocycles. The van der Waals surface area contributed by atoms with Crippen LogP contribution in [0.2, 0.25) is 0 Å². The van der Waals surface area contributed by atoms with Gasteiger partial charge >= 0.3 is 0 Å². The van der Waals surface area contributed by atoms with Crippen molar-refractivity contribution in [3.8, 4) is 0 Å². The first kappa shape index (κ1) is 13.3. The van der Waals surface area contributed by atoms with Crippen LogP contribution >= 0.6 is 0 Å². The number of nitrogens with zero attached hydrogens (tertiary/aromatic N) is 2. The molecule has 0 radical (unpaired) electrons. The highest BCUT2D eigenvalue weighted by Crippen LogP contribution is 2.26. The Morgan fingerprint density at radius 2 is 2.32 bits per heavy atom. The molecule has 1 unspecified atom stereocenters. The van der Waals surface area contributed by atoms with Crippen LogP contribution in [0.25, 0.3) is 0 Å². The average Bonchev–Trinajstić information content (AvgIpc) is 2.38. The van der Waals surface area contributed by atoms with Gasteiger partial charge < -0.3 is 15.4 Å². The first-order valence-corrected chi connectivity index (χ1v) is 5.94. The second kappa shape index (κ2) is 5.23. The van der Waals surface area contributed by atoms with Gasteiger partial charge in [0.1, 0.15) is 5.69 Å². The molecule has 1 aliphatic rings. The Hall–Kier alpha value is -2.15. The normalized spacial score (nSPS) is 19.2. The SMILES string of the molecule is CC1COCCN1C(=O)c1cccc([N+](=O)[O-])c1N. The fourth-order valence-electron chi connectivity index (χ4n) is 2.08. The van der Waals surface area contributed by atoms with E-state index in [1.165, 1.54) is 18.2 Å². The van der Waals surface area contributed by atoms with Crippen LogP contribution in [-0.4, -0.2) is 41.5 Å². The van der Waals surface area contributed by atoms with Crippen LogP contribution in [0, 0.1) is 10.1 Å². The second-order valence-electron chi connectivity index (χ2n) is 4.42. The van der Waals surface area contributed by atoms with E-state index in [2.05, 4.69) is 0 Å². The second-order valence-corrected chi connectivity index (χ2v) is 4.42. The number of hydrogen-bond acceptors (Lipinski definition) is 5. The van der Waals surface area contributed by atoms with Gasteiger partial charge in [0.25, 0.3) is 11.6 Å². The molecule has 1 aromatic carbocycles. The molecular formula is C12H15N3O4. The number of ether oxygens (including phenoxy) is 1. The van der Waals surface area contributed by atoms with E-state index in [0.29, 0.717) is 19.8 Å². The Labute approximate surface area is 110 Å². The summed E-state index contributed by atoms with van der Waals surface area (Å²) in [5.41, 5.74) is 5.56. The van der Waals surface area contributed by atoms with Crippen LogP contribution < -0.4 is 5.73 Å². The fraction of sp³-hybridized carbons (Fsp3) is 0.417. The molecule has 0 saturated carbocycles. The first-order valence-electron chi connectivity index (χ1n) is 5.94. The summed E-state index contributed by atoms with van der Waals surface area (Å²) in [6.45, 7) is 3.25. The molecule has 2 N–H and O–H groups in total. The summed E-state index contributed by atoms with van der Waals surface area (Å²) in [6, 6.07) is 4.19. The van der Waals surface area contributed by atoms with Gasteiger partial charge in [-0.2, -0.15) is 0 Å². The summed E-state index contributed by atoms with van der Waals surface area (Å²) < 4.78 is 5.26. The molecule has 7 heteroatoms. The Balaban J connectivity index is 2.33. The minimum absolute atomic E-state index is 0.0695. The van der Waals surface area contributed by atoms with Gasteiger partial charge in [-0.1, -0.05) is 6.07 Å². The molecule has 1 heterocycles. The van der Waals surface area contributed by atoms with Crippen LogP contribution in [0.3, 0.4) is 0 Å². The van der Waals surface area contributed by atoms with Crippen molar-refractivity contribution in [1.82, 2.24) is 4.90 Å². The number of nitrogens with two attached hydrogens (primary N) is 1. The molecule has 0 aliphatic carbocycles. The highest BCUT2D eigenvalue weighted by molar-refractivity contribution is 6.01. The highest BCUT2D eigenvalue weighted by atomic mass is 16.6. The minimum Gasteiger partial charge on any atom is -0.393 e. The standard InChI is InChI=1S/C12H15N3O4/c1-8-7-19-6-5-14(8)12(16)9-3-2-4-10(11(9)13)15(17)18/h2-4,8H,5-7,13H2,1H3. The predicted octanol–water partition coefficient (Wildman–Crippen LogP) is 1.04. The molecular weight excluding hydrogens is 250 g/mol. The Bertz CT molecular complexity index is 518. The van der Waals surface area contributed by atoms with Crippen molar-refractivity contribution in [3.05, 3.63) is 33.9 Å². The first-order chi connectivity index (χ1) is 9.02. The number of carbonyl (C=O) groups is 1. The molecule has 1 saturated heterocycles. The lowest BCUT2D eigenvalue weighted by atomic mass is 10.1. The van der Waals surface area contributed by atoms with Crippen molar-refractivity contribution in [3.63, 3.8) is 0 Å². The van der Waals surface area contributed by atoms with E-state index in [4.69, 9.17) is 10.5 Å². The fourth-order valence-corrected chi connectivity index (χ4v) is 2.08. The highest BCUT2D eigenvalue weighted by Gasteiger charge is 2.28. The summed E-state index contributed by atoms with van der Waals surface area (Å²) >= 11 is 0. The van der Waals surface area contributed by atoms with E-state index in [1.807, 2.05) is 6.92 Å². The van der Waals surface area contributed by atoms with Crippen molar-refractivity contribution >= 4 is 17.3 Å². The Kier molecular flexibility index (Phi) is 3.66. The molecule has 1 aromatic rings. The van der Waals surface area contributed by atoms with E-state index in [-0.39, 0.29) is 28.9 Å². The number of nitrogen functional groups attached to an aromatic ring is 1. The number of morpholine rings is 1. The van der Waals surface area contributed by atoms with Gasteiger partial charge in [0.15, 0.2) is 0 Å². The monoisotopic (exact) mass is 265 g/mol. The zero-order valence-electron chi connectivity index (χ0n) is 10.5. The number of anilines is 1. The maximum atomic E-state index is 12.4. The summed E-state index contributed by atoms with van der Waals surface area (Å²) in [7, 11) is 0. The van der Waals surface area contributed by atoms with Gasteiger partial charge in [-0.25, -0.2) is 0 Å². The predicted molar refractivity (Wildman–Crippen MR) is 68.8 cm³/mol. The topological polar surface area (TPSA) is 98.7 Å². The molecule has 1 aliphatic heterocycles. The molecule has 0 bridgehead atoms. The lowest BCUT2D eigenvalue weighted by molar-refractivity contribution is -0.383. The number of rotatable bonds is 2. The molecule has 102 valence electrons. The summed E-state index contributed by atoms with van der Waals surface area (Å²) in [6.07, 6.45) is 0. The Morgan fingerprint density at radius 3 is 2.95 bits per heavy atom. The molecule has 7 nitrogen and oxygen atoms in total. The molecule has 1 fully saturated rings. The van der Waals surface area contributed by atoms with Crippen LogP contribution in [0.4, 0.5) is 11.4 Å². The van der Waals surface area contributed by atoms with E-state index in [9.17, 15) is 14.9 Å². The average molecular weight is 265 g/mol. The third-order valence-electron chi connectivity index (χ3n) is 3.14. The van der Waals surface area contributed by atoms with Crippen LogP contribution in [-0.2, 0) is 4.74 Å². The van der Waals surface area contributed by atoms with E-state index in [1.54, 1.807) is 4.90 Å². The number of nitro benzene ring substituents is 1. The molecule has 0 spiro atoms. The van der Waals surface area contributed by atoms with Gasteiger partial charge in [-0.15, -0.1) is 0 Å². The molecule has 1 atom stereocenters. The van der Waals surface area contributed by atoms with Gasteiger partial charge in [0.05, 0.1) is 29.7 Å².